The molecule has 5 rings (SSSR count). The van der Waals surface area contributed by atoms with Crippen molar-refractivity contribution in [3.8, 4) is 5.75 Å². The fourth-order valence-electron chi connectivity index (χ4n) is 4.20. The largest absolute Gasteiger partial charge is 0.503 e. The highest BCUT2D eigenvalue weighted by Crippen LogP contribution is 2.44. The van der Waals surface area contributed by atoms with Gasteiger partial charge < -0.3 is 14.3 Å². The van der Waals surface area contributed by atoms with E-state index in [-0.39, 0.29) is 28.2 Å². The zero-order valence-corrected chi connectivity index (χ0v) is 19.6. The lowest BCUT2D eigenvalue weighted by Crippen LogP contribution is -2.31. The van der Waals surface area contributed by atoms with E-state index in [2.05, 4.69) is 0 Å². The maximum absolute atomic E-state index is 15.0. The van der Waals surface area contributed by atoms with Crippen molar-refractivity contribution in [1.29, 1.82) is 0 Å². The summed E-state index contributed by atoms with van der Waals surface area (Å²) >= 11 is 12.2. The number of fused-ring (bicyclic) bond motifs is 1. The fraction of sp³-hybridized carbons (Fsp3) is 0.0769. The Morgan fingerprint density at radius 3 is 2.54 bits per heavy atom. The average Bonchev–Trinajstić information content (AvgIpc) is 3.37. The number of aliphatic hydroxyl groups excluding tert-OH is 1. The van der Waals surface area contributed by atoms with E-state index < -0.39 is 29.3 Å². The van der Waals surface area contributed by atoms with Crippen LogP contribution in [0.5, 0.6) is 5.75 Å². The molecular formula is C26H16Cl2FNO5. The van der Waals surface area contributed by atoms with Crippen molar-refractivity contribution in [3.05, 3.63) is 105 Å². The molecule has 9 heteroatoms. The first-order valence-electron chi connectivity index (χ1n) is 10.4. The highest BCUT2D eigenvalue weighted by Gasteiger charge is 2.46. The first-order valence-corrected chi connectivity index (χ1v) is 11.1. The van der Waals surface area contributed by atoms with Gasteiger partial charge in [-0.1, -0.05) is 47.5 Å². The third kappa shape index (κ3) is 3.83. The molecule has 2 heterocycles. The topological polar surface area (TPSA) is 80.0 Å². The van der Waals surface area contributed by atoms with E-state index in [1.54, 1.807) is 30.3 Å². The van der Waals surface area contributed by atoms with Crippen molar-refractivity contribution < 1.29 is 28.2 Å². The number of ether oxygens (including phenoxy) is 1. The molecular weight excluding hydrogens is 496 g/mol. The predicted octanol–water partition coefficient (Wildman–Crippen LogP) is 6.67. The molecule has 1 aliphatic rings. The molecule has 4 aromatic rings. The van der Waals surface area contributed by atoms with Gasteiger partial charge in [-0.15, -0.1) is 0 Å². The van der Waals surface area contributed by atoms with Crippen molar-refractivity contribution in [2.45, 2.75) is 6.04 Å². The number of furan rings is 1. The lowest BCUT2D eigenvalue weighted by atomic mass is 9.94. The van der Waals surface area contributed by atoms with Gasteiger partial charge >= 0.3 is 0 Å². The summed E-state index contributed by atoms with van der Waals surface area (Å²) in [6, 6.07) is 15.3. The van der Waals surface area contributed by atoms with E-state index in [0.717, 1.165) is 4.90 Å². The first-order chi connectivity index (χ1) is 16.8. The van der Waals surface area contributed by atoms with Crippen LogP contribution in [0, 0.1) is 5.82 Å². The van der Waals surface area contributed by atoms with Gasteiger partial charge in [0.25, 0.3) is 5.91 Å². The van der Waals surface area contributed by atoms with Crippen LogP contribution < -0.4 is 9.64 Å². The van der Waals surface area contributed by atoms with Crippen molar-refractivity contribution in [2.75, 3.05) is 12.0 Å². The third-order valence-corrected chi connectivity index (χ3v) is 6.18. The number of carbonyl (C=O) groups is 2. The van der Waals surface area contributed by atoms with Gasteiger partial charge in [0.05, 0.1) is 18.7 Å². The normalized spacial score (nSPS) is 15.8. The fourth-order valence-corrected chi connectivity index (χ4v) is 4.60. The van der Waals surface area contributed by atoms with Crippen LogP contribution in [0.25, 0.3) is 11.0 Å². The van der Waals surface area contributed by atoms with Gasteiger partial charge in [0.15, 0.2) is 22.9 Å². The molecule has 0 radical (unpaired) electrons. The van der Waals surface area contributed by atoms with Crippen LogP contribution in [0.3, 0.4) is 0 Å². The zero-order chi connectivity index (χ0) is 24.9. The van der Waals surface area contributed by atoms with Crippen molar-refractivity contribution in [2.24, 2.45) is 0 Å². The van der Waals surface area contributed by atoms with Crippen LogP contribution >= 0.6 is 23.2 Å². The van der Waals surface area contributed by atoms with E-state index in [9.17, 15) is 19.1 Å². The minimum Gasteiger partial charge on any atom is -0.503 e. The second kappa shape index (κ2) is 8.76. The molecule has 1 aliphatic heterocycles. The Kier molecular flexibility index (Phi) is 5.75. The van der Waals surface area contributed by atoms with Crippen LogP contribution in [0.1, 0.15) is 22.2 Å². The number of ketones is 1. The molecule has 0 bridgehead atoms. The molecule has 1 unspecified atom stereocenters. The summed E-state index contributed by atoms with van der Waals surface area (Å²) in [7, 11) is 1.43. The Labute approximate surface area is 208 Å². The molecule has 0 fully saturated rings. The summed E-state index contributed by atoms with van der Waals surface area (Å²) in [6.45, 7) is 0. The maximum Gasteiger partial charge on any atom is 0.294 e. The van der Waals surface area contributed by atoms with Crippen LogP contribution in [0.4, 0.5) is 10.1 Å². The third-order valence-electron chi connectivity index (χ3n) is 5.73. The lowest BCUT2D eigenvalue weighted by Gasteiger charge is -2.27. The summed E-state index contributed by atoms with van der Waals surface area (Å²) in [6.07, 6.45) is 0. The second-order valence-electron chi connectivity index (χ2n) is 7.81. The monoisotopic (exact) mass is 511 g/mol. The van der Waals surface area contributed by atoms with Gasteiger partial charge in [-0.3, -0.25) is 14.5 Å². The van der Waals surface area contributed by atoms with Crippen molar-refractivity contribution >= 4 is 51.5 Å². The number of carbonyl (C=O) groups excluding carboxylic acids is 2. The number of aliphatic hydroxyl groups is 1. The molecule has 1 N–H and O–H groups in total. The summed E-state index contributed by atoms with van der Waals surface area (Å²) in [5, 5.41) is 12.0. The summed E-state index contributed by atoms with van der Waals surface area (Å²) in [5.41, 5.74) is 0.233. The molecule has 0 aliphatic carbocycles. The van der Waals surface area contributed by atoms with E-state index in [1.807, 2.05) is 0 Å². The maximum atomic E-state index is 15.0. The van der Waals surface area contributed by atoms with Crippen LogP contribution in [-0.4, -0.2) is 23.9 Å². The predicted molar refractivity (Wildman–Crippen MR) is 130 cm³/mol. The highest BCUT2D eigenvalue weighted by molar-refractivity contribution is 6.32. The number of hydrogen-bond donors (Lipinski definition) is 1. The Balaban J connectivity index is 1.69. The second-order valence-corrected chi connectivity index (χ2v) is 8.68. The Morgan fingerprint density at radius 2 is 1.83 bits per heavy atom. The van der Waals surface area contributed by atoms with E-state index in [0.29, 0.717) is 21.2 Å². The first kappa shape index (κ1) is 23.0. The number of anilines is 1. The van der Waals surface area contributed by atoms with Gasteiger partial charge in [0.1, 0.15) is 5.82 Å². The number of benzene rings is 3. The van der Waals surface area contributed by atoms with E-state index in [1.165, 1.54) is 43.5 Å². The average molecular weight is 512 g/mol. The summed E-state index contributed by atoms with van der Waals surface area (Å²) in [5.74, 6) is -3.00. The van der Waals surface area contributed by atoms with Crippen molar-refractivity contribution in [3.63, 3.8) is 0 Å². The number of rotatable bonds is 5. The van der Waals surface area contributed by atoms with E-state index in [4.69, 9.17) is 32.4 Å². The number of amides is 1. The van der Waals surface area contributed by atoms with Gasteiger partial charge in [-0.25, -0.2) is 4.39 Å². The molecule has 1 amide bonds. The number of methoxy groups -OCH3 is 1. The van der Waals surface area contributed by atoms with E-state index >= 15 is 0 Å². The van der Waals surface area contributed by atoms with Gasteiger partial charge in [-0.2, -0.15) is 0 Å². The molecule has 0 saturated heterocycles. The SMILES string of the molecule is COc1cc(Cl)cc2cc(C(=O)C3=C(O)C(=O)N(c4cccc(Cl)c4)C3c3ccccc3F)oc12. The van der Waals surface area contributed by atoms with Crippen LogP contribution in [-0.2, 0) is 4.79 Å². The Hall–Kier alpha value is -3.81. The molecule has 1 atom stereocenters. The molecule has 0 spiro atoms. The molecule has 3 aromatic carbocycles. The summed E-state index contributed by atoms with van der Waals surface area (Å²) < 4.78 is 26.0. The number of Topliss-reactive ketones (excluding diaryl/α,β-unsaturated/α-hetero) is 1. The zero-order valence-electron chi connectivity index (χ0n) is 18.1. The molecule has 0 saturated carbocycles. The molecule has 1 aromatic heterocycles. The molecule has 6 nitrogen and oxygen atoms in total. The number of halogens is 3. The number of hydrogen-bond acceptors (Lipinski definition) is 5. The van der Waals surface area contributed by atoms with Crippen LogP contribution in [0.15, 0.2) is 82.5 Å². The standard InChI is InChI=1S/C26H16Cl2FNO5/c1-34-20-12-15(28)9-13-10-19(35-25(13)20)23(31)21-22(17-7-2-3-8-18(17)29)30(26(33)24(21)32)16-6-4-5-14(27)11-16/h2-12,22,32H,1H3. The highest BCUT2D eigenvalue weighted by atomic mass is 35.5. The van der Waals surface area contributed by atoms with Gasteiger partial charge in [-0.05, 0) is 36.4 Å². The van der Waals surface area contributed by atoms with Gasteiger partial charge in [0, 0.05) is 32.7 Å². The Morgan fingerprint density at radius 1 is 1.06 bits per heavy atom. The lowest BCUT2D eigenvalue weighted by molar-refractivity contribution is -0.117. The smallest absolute Gasteiger partial charge is 0.294 e. The Bertz CT molecular complexity index is 1540. The molecule has 35 heavy (non-hydrogen) atoms. The van der Waals surface area contributed by atoms with Gasteiger partial charge in [0.2, 0.25) is 5.78 Å². The number of nitrogens with zero attached hydrogens (tertiary/aromatic N) is 1. The quantitative estimate of drug-likeness (QED) is 0.302. The minimum absolute atomic E-state index is 0.0185. The minimum atomic E-state index is -1.27. The van der Waals surface area contributed by atoms with Crippen LogP contribution in [0.2, 0.25) is 10.0 Å². The molecule has 176 valence electrons. The van der Waals surface area contributed by atoms with Crippen molar-refractivity contribution in [1.82, 2.24) is 0 Å². The summed E-state index contributed by atoms with van der Waals surface area (Å²) in [4.78, 5) is 28.0.